The quantitative estimate of drug-likeness (QED) is 0.870. The fourth-order valence-corrected chi connectivity index (χ4v) is 2.34. The Balaban J connectivity index is 2.10. The van der Waals surface area contributed by atoms with Crippen molar-refractivity contribution >= 4 is 5.91 Å². The van der Waals surface area contributed by atoms with Gasteiger partial charge in [0.25, 0.3) is 5.91 Å². The number of carbonyl (C=O) groups is 1. The van der Waals surface area contributed by atoms with E-state index in [1.54, 1.807) is 17.0 Å². The minimum Gasteiger partial charge on any atom is -0.338 e. The maximum Gasteiger partial charge on any atom is 0.256 e. The van der Waals surface area contributed by atoms with Gasteiger partial charge in [-0.15, -0.1) is 0 Å². The highest BCUT2D eigenvalue weighted by atomic mass is 19.1. The van der Waals surface area contributed by atoms with Crippen LogP contribution in [0.1, 0.15) is 28.8 Å². The molecule has 1 fully saturated rings. The molecule has 0 spiro atoms. The molecule has 1 aliphatic rings. The molecule has 2 rings (SSSR count). The van der Waals surface area contributed by atoms with Crippen LogP contribution in [0.5, 0.6) is 0 Å². The SMILES string of the molecule is CNC1CCN(C(=O)c2cc(C)ccc2F)CC1. The van der Waals surface area contributed by atoms with Crippen molar-refractivity contribution in [3.05, 3.63) is 35.1 Å². The van der Waals surface area contributed by atoms with Crippen LogP contribution in [-0.2, 0) is 0 Å². The molecule has 4 heteroatoms. The van der Waals surface area contributed by atoms with E-state index in [1.165, 1.54) is 6.07 Å². The van der Waals surface area contributed by atoms with Crippen LogP contribution in [0.3, 0.4) is 0 Å². The van der Waals surface area contributed by atoms with E-state index in [0.29, 0.717) is 19.1 Å². The molecule has 0 bridgehead atoms. The van der Waals surface area contributed by atoms with Gasteiger partial charge in [-0.2, -0.15) is 0 Å². The van der Waals surface area contributed by atoms with Crippen molar-refractivity contribution in [3.63, 3.8) is 0 Å². The number of piperidine rings is 1. The molecule has 0 saturated carbocycles. The third-order valence-electron chi connectivity index (χ3n) is 3.54. The summed E-state index contributed by atoms with van der Waals surface area (Å²) in [6.07, 6.45) is 1.85. The second kappa shape index (κ2) is 5.48. The van der Waals surface area contributed by atoms with Crippen LogP contribution < -0.4 is 5.32 Å². The average Bonchev–Trinajstić information content (AvgIpc) is 2.41. The number of aryl methyl sites for hydroxylation is 1. The van der Waals surface area contributed by atoms with Gasteiger partial charge in [-0.1, -0.05) is 11.6 Å². The normalized spacial score (nSPS) is 16.9. The molecule has 1 aliphatic heterocycles. The third kappa shape index (κ3) is 2.70. The first-order chi connectivity index (χ1) is 8.61. The van der Waals surface area contributed by atoms with Gasteiger partial charge in [0.05, 0.1) is 5.56 Å². The highest BCUT2D eigenvalue weighted by Crippen LogP contribution is 2.17. The predicted molar refractivity (Wildman–Crippen MR) is 69.1 cm³/mol. The number of benzene rings is 1. The minimum absolute atomic E-state index is 0.189. The lowest BCUT2D eigenvalue weighted by Gasteiger charge is -2.32. The summed E-state index contributed by atoms with van der Waals surface area (Å²) in [6.45, 7) is 3.25. The fourth-order valence-electron chi connectivity index (χ4n) is 2.34. The molecule has 1 heterocycles. The lowest BCUT2D eigenvalue weighted by Crippen LogP contribution is -2.44. The summed E-state index contributed by atoms with van der Waals surface area (Å²) in [5, 5.41) is 3.21. The van der Waals surface area contributed by atoms with Gasteiger partial charge in [0.1, 0.15) is 5.82 Å². The second-order valence-electron chi connectivity index (χ2n) is 4.84. The molecular formula is C14H19FN2O. The molecule has 0 atom stereocenters. The molecule has 1 aromatic rings. The summed E-state index contributed by atoms with van der Waals surface area (Å²) in [5.41, 5.74) is 1.10. The zero-order chi connectivity index (χ0) is 13.1. The summed E-state index contributed by atoms with van der Waals surface area (Å²) < 4.78 is 13.7. The second-order valence-corrected chi connectivity index (χ2v) is 4.84. The number of halogens is 1. The van der Waals surface area contributed by atoms with Crippen LogP contribution in [0.4, 0.5) is 4.39 Å². The molecular weight excluding hydrogens is 231 g/mol. The van der Waals surface area contributed by atoms with Crippen LogP contribution in [0.25, 0.3) is 0 Å². The summed E-state index contributed by atoms with van der Waals surface area (Å²) in [4.78, 5) is 14.0. The summed E-state index contributed by atoms with van der Waals surface area (Å²) in [7, 11) is 1.93. The van der Waals surface area contributed by atoms with Crippen LogP contribution in [-0.4, -0.2) is 37.0 Å². The first kappa shape index (κ1) is 13.0. The molecule has 1 N–H and O–H groups in total. The highest BCUT2D eigenvalue weighted by Gasteiger charge is 2.24. The minimum atomic E-state index is -0.429. The molecule has 0 radical (unpaired) electrons. The van der Waals surface area contributed by atoms with Gasteiger partial charge in [0, 0.05) is 19.1 Å². The van der Waals surface area contributed by atoms with Crippen LogP contribution >= 0.6 is 0 Å². The number of likely N-dealkylation sites (tertiary alicyclic amines) is 1. The first-order valence-electron chi connectivity index (χ1n) is 6.34. The van der Waals surface area contributed by atoms with Crippen molar-refractivity contribution in [1.29, 1.82) is 0 Å². The maximum atomic E-state index is 13.7. The molecule has 18 heavy (non-hydrogen) atoms. The van der Waals surface area contributed by atoms with Crippen molar-refractivity contribution in [2.45, 2.75) is 25.8 Å². The number of nitrogens with zero attached hydrogens (tertiary/aromatic N) is 1. The van der Waals surface area contributed by atoms with Crippen LogP contribution in [0.15, 0.2) is 18.2 Å². The Morgan fingerprint density at radius 3 is 2.67 bits per heavy atom. The topological polar surface area (TPSA) is 32.3 Å². The van der Waals surface area contributed by atoms with E-state index >= 15 is 0 Å². The van der Waals surface area contributed by atoms with Gasteiger partial charge in [0.15, 0.2) is 0 Å². The molecule has 0 aromatic heterocycles. The van der Waals surface area contributed by atoms with Gasteiger partial charge >= 0.3 is 0 Å². The number of hydrogen-bond acceptors (Lipinski definition) is 2. The third-order valence-corrected chi connectivity index (χ3v) is 3.54. The van der Waals surface area contributed by atoms with Crippen molar-refractivity contribution in [2.24, 2.45) is 0 Å². The smallest absolute Gasteiger partial charge is 0.256 e. The standard InChI is InChI=1S/C14H19FN2O/c1-10-3-4-13(15)12(9-10)14(18)17-7-5-11(16-2)6-8-17/h3-4,9,11,16H,5-8H2,1-2H3. The van der Waals surface area contributed by atoms with Gasteiger partial charge in [-0.05, 0) is 38.9 Å². The van der Waals surface area contributed by atoms with Crippen molar-refractivity contribution in [3.8, 4) is 0 Å². The number of amides is 1. The fraction of sp³-hybridized carbons (Fsp3) is 0.500. The number of nitrogens with one attached hydrogen (secondary N) is 1. The highest BCUT2D eigenvalue weighted by molar-refractivity contribution is 5.94. The van der Waals surface area contributed by atoms with E-state index in [-0.39, 0.29) is 11.5 Å². The lowest BCUT2D eigenvalue weighted by molar-refractivity contribution is 0.0702. The van der Waals surface area contributed by atoms with E-state index in [1.807, 2.05) is 14.0 Å². The number of carbonyl (C=O) groups excluding carboxylic acids is 1. The number of hydrogen-bond donors (Lipinski definition) is 1. The zero-order valence-electron chi connectivity index (χ0n) is 10.9. The Morgan fingerprint density at radius 1 is 1.39 bits per heavy atom. The van der Waals surface area contributed by atoms with Crippen molar-refractivity contribution < 1.29 is 9.18 Å². The Morgan fingerprint density at radius 2 is 2.06 bits per heavy atom. The Labute approximate surface area is 107 Å². The van der Waals surface area contributed by atoms with Gasteiger partial charge in [-0.3, -0.25) is 4.79 Å². The van der Waals surface area contributed by atoms with Crippen LogP contribution in [0, 0.1) is 12.7 Å². The first-order valence-corrected chi connectivity index (χ1v) is 6.34. The van der Waals surface area contributed by atoms with Crippen LogP contribution in [0.2, 0.25) is 0 Å². The molecule has 1 amide bonds. The van der Waals surface area contributed by atoms with E-state index in [2.05, 4.69) is 5.32 Å². The van der Waals surface area contributed by atoms with E-state index < -0.39 is 5.82 Å². The maximum absolute atomic E-state index is 13.7. The molecule has 0 unspecified atom stereocenters. The monoisotopic (exact) mass is 250 g/mol. The average molecular weight is 250 g/mol. The predicted octanol–water partition coefficient (Wildman–Crippen LogP) is 1.96. The summed E-state index contributed by atoms with van der Waals surface area (Å²) in [5.74, 6) is -0.618. The summed E-state index contributed by atoms with van der Waals surface area (Å²) >= 11 is 0. The largest absolute Gasteiger partial charge is 0.338 e. The zero-order valence-corrected chi connectivity index (χ0v) is 10.9. The molecule has 98 valence electrons. The summed E-state index contributed by atoms with van der Waals surface area (Å²) in [6, 6.07) is 5.14. The lowest BCUT2D eigenvalue weighted by atomic mass is 10.0. The Kier molecular flexibility index (Phi) is 3.97. The Bertz CT molecular complexity index is 439. The molecule has 3 nitrogen and oxygen atoms in total. The van der Waals surface area contributed by atoms with E-state index in [0.717, 1.165) is 18.4 Å². The van der Waals surface area contributed by atoms with E-state index in [9.17, 15) is 9.18 Å². The molecule has 0 aliphatic carbocycles. The van der Waals surface area contributed by atoms with Gasteiger partial charge in [-0.25, -0.2) is 4.39 Å². The van der Waals surface area contributed by atoms with Gasteiger partial charge in [0.2, 0.25) is 0 Å². The Hall–Kier alpha value is -1.42. The van der Waals surface area contributed by atoms with Crippen molar-refractivity contribution in [1.82, 2.24) is 10.2 Å². The molecule has 1 saturated heterocycles. The molecule has 1 aromatic carbocycles. The van der Waals surface area contributed by atoms with E-state index in [4.69, 9.17) is 0 Å². The van der Waals surface area contributed by atoms with Gasteiger partial charge < -0.3 is 10.2 Å². The van der Waals surface area contributed by atoms with Crippen molar-refractivity contribution in [2.75, 3.05) is 20.1 Å². The number of rotatable bonds is 2.